The zero-order valence-corrected chi connectivity index (χ0v) is 17.2. The van der Waals surface area contributed by atoms with Gasteiger partial charge in [-0.1, -0.05) is 23.7 Å². The number of aliphatic hydroxyl groups is 1. The molecule has 0 spiro atoms. The van der Waals surface area contributed by atoms with Crippen LogP contribution >= 0.6 is 11.6 Å². The van der Waals surface area contributed by atoms with Crippen LogP contribution in [0.1, 0.15) is 41.4 Å². The highest BCUT2D eigenvalue weighted by Crippen LogP contribution is 2.30. The van der Waals surface area contributed by atoms with Gasteiger partial charge < -0.3 is 19.5 Å². The SMILES string of the molecule is CCOc1cc2c(cc1Cc1cccc(Cl)c1F)c(=O)c(C(=O)O)cn2C(C)CO. The number of hydrogen-bond donors (Lipinski definition) is 2. The Balaban J connectivity index is 2.31. The maximum atomic E-state index is 14.4. The fourth-order valence-electron chi connectivity index (χ4n) is 3.34. The van der Waals surface area contributed by atoms with E-state index in [0.717, 1.165) is 0 Å². The van der Waals surface area contributed by atoms with E-state index in [2.05, 4.69) is 0 Å². The molecule has 0 aliphatic heterocycles. The number of ether oxygens (including phenoxy) is 1. The third kappa shape index (κ3) is 4.04. The van der Waals surface area contributed by atoms with Crippen molar-refractivity contribution in [2.24, 2.45) is 0 Å². The predicted molar refractivity (Wildman–Crippen MR) is 112 cm³/mol. The summed E-state index contributed by atoms with van der Waals surface area (Å²) >= 11 is 5.88. The van der Waals surface area contributed by atoms with E-state index in [-0.39, 0.29) is 23.4 Å². The summed E-state index contributed by atoms with van der Waals surface area (Å²) < 4.78 is 21.7. The number of aliphatic hydroxyl groups excluding tert-OH is 1. The van der Waals surface area contributed by atoms with E-state index in [1.54, 1.807) is 32.0 Å². The Labute approximate surface area is 177 Å². The molecule has 0 amide bonds. The summed E-state index contributed by atoms with van der Waals surface area (Å²) in [5, 5.41) is 19.2. The Morgan fingerprint density at radius 3 is 2.67 bits per heavy atom. The molecule has 1 atom stereocenters. The van der Waals surface area contributed by atoms with Gasteiger partial charge in [0, 0.05) is 24.1 Å². The number of rotatable bonds is 7. The zero-order chi connectivity index (χ0) is 22.0. The average molecular weight is 434 g/mol. The first-order valence-electron chi connectivity index (χ1n) is 9.40. The summed E-state index contributed by atoms with van der Waals surface area (Å²) in [7, 11) is 0. The monoisotopic (exact) mass is 433 g/mol. The first-order valence-corrected chi connectivity index (χ1v) is 9.77. The van der Waals surface area contributed by atoms with Crippen molar-refractivity contribution in [2.75, 3.05) is 13.2 Å². The third-order valence-electron chi connectivity index (χ3n) is 4.90. The van der Waals surface area contributed by atoms with E-state index >= 15 is 0 Å². The molecule has 3 rings (SSSR count). The lowest BCUT2D eigenvalue weighted by Crippen LogP contribution is -2.22. The van der Waals surface area contributed by atoms with Crippen LogP contribution in [0.5, 0.6) is 5.75 Å². The molecule has 1 unspecified atom stereocenters. The van der Waals surface area contributed by atoms with Crippen molar-refractivity contribution < 1.29 is 24.1 Å². The van der Waals surface area contributed by atoms with E-state index in [1.807, 2.05) is 0 Å². The first-order chi connectivity index (χ1) is 14.3. The molecule has 0 bridgehead atoms. The van der Waals surface area contributed by atoms with Gasteiger partial charge in [-0.25, -0.2) is 9.18 Å². The van der Waals surface area contributed by atoms with Gasteiger partial charge in [-0.2, -0.15) is 0 Å². The molecule has 6 nitrogen and oxygen atoms in total. The normalized spacial score (nSPS) is 12.2. The van der Waals surface area contributed by atoms with Crippen LogP contribution in [0.3, 0.4) is 0 Å². The molecule has 0 radical (unpaired) electrons. The Morgan fingerprint density at radius 2 is 2.03 bits per heavy atom. The standard InChI is InChI=1S/C22H21ClFNO5/c1-3-30-19-9-18-15(8-14(19)7-13-5-4-6-17(23)20(13)24)21(27)16(22(28)29)10-25(18)12(2)11-26/h4-6,8-10,12,26H,3,7,11H2,1-2H3,(H,28,29). The van der Waals surface area contributed by atoms with Gasteiger partial charge in [0.25, 0.3) is 0 Å². The second kappa shape index (κ2) is 8.85. The molecule has 30 heavy (non-hydrogen) atoms. The van der Waals surface area contributed by atoms with E-state index in [4.69, 9.17) is 16.3 Å². The van der Waals surface area contributed by atoms with E-state index < -0.39 is 28.8 Å². The molecule has 0 aliphatic carbocycles. The molecule has 2 aromatic carbocycles. The Morgan fingerprint density at radius 1 is 1.30 bits per heavy atom. The molecule has 0 saturated heterocycles. The minimum absolute atomic E-state index is 0.0152. The molecule has 0 saturated carbocycles. The number of nitrogens with zero attached hydrogens (tertiary/aromatic N) is 1. The van der Waals surface area contributed by atoms with E-state index in [0.29, 0.717) is 29.0 Å². The summed E-state index contributed by atoms with van der Waals surface area (Å²) in [6.45, 7) is 3.58. The van der Waals surface area contributed by atoms with Crippen molar-refractivity contribution in [3.8, 4) is 5.75 Å². The van der Waals surface area contributed by atoms with Crippen LogP contribution in [0.4, 0.5) is 4.39 Å². The lowest BCUT2D eigenvalue weighted by Gasteiger charge is -2.20. The smallest absolute Gasteiger partial charge is 0.341 e. The van der Waals surface area contributed by atoms with Crippen LogP contribution in [0.25, 0.3) is 10.9 Å². The fourth-order valence-corrected chi connectivity index (χ4v) is 3.54. The number of carbonyl (C=O) groups is 1. The number of benzene rings is 2. The summed E-state index contributed by atoms with van der Waals surface area (Å²) in [5.74, 6) is -1.49. The van der Waals surface area contributed by atoms with Gasteiger partial charge in [0.15, 0.2) is 0 Å². The van der Waals surface area contributed by atoms with Crippen molar-refractivity contribution in [3.05, 3.63) is 74.3 Å². The van der Waals surface area contributed by atoms with Gasteiger partial charge in [0.1, 0.15) is 17.1 Å². The van der Waals surface area contributed by atoms with Crippen LogP contribution in [-0.4, -0.2) is 34.0 Å². The summed E-state index contributed by atoms with van der Waals surface area (Å²) in [5.41, 5.74) is 0.196. The molecule has 1 heterocycles. The highest BCUT2D eigenvalue weighted by Gasteiger charge is 2.20. The van der Waals surface area contributed by atoms with Gasteiger partial charge in [-0.05, 0) is 37.1 Å². The molecule has 158 valence electrons. The van der Waals surface area contributed by atoms with Gasteiger partial charge >= 0.3 is 5.97 Å². The van der Waals surface area contributed by atoms with Crippen molar-refractivity contribution >= 4 is 28.5 Å². The van der Waals surface area contributed by atoms with E-state index in [9.17, 15) is 24.2 Å². The number of halogens is 2. The number of aromatic carboxylic acids is 1. The molecule has 1 aromatic heterocycles. The van der Waals surface area contributed by atoms with E-state index in [1.165, 1.54) is 22.9 Å². The van der Waals surface area contributed by atoms with Crippen molar-refractivity contribution in [3.63, 3.8) is 0 Å². The molecule has 2 N–H and O–H groups in total. The summed E-state index contributed by atoms with van der Waals surface area (Å²) in [6, 6.07) is 7.32. The highest BCUT2D eigenvalue weighted by molar-refractivity contribution is 6.30. The average Bonchev–Trinajstić information content (AvgIpc) is 2.72. The van der Waals surface area contributed by atoms with Crippen molar-refractivity contribution in [2.45, 2.75) is 26.3 Å². The Hall–Kier alpha value is -2.90. The highest BCUT2D eigenvalue weighted by atomic mass is 35.5. The van der Waals surface area contributed by atoms with Gasteiger partial charge in [-0.15, -0.1) is 0 Å². The van der Waals surface area contributed by atoms with Crippen molar-refractivity contribution in [1.29, 1.82) is 0 Å². The number of aromatic nitrogens is 1. The number of pyridine rings is 1. The number of hydrogen-bond acceptors (Lipinski definition) is 4. The molecule has 3 aromatic rings. The molecular weight excluding hydrogens is 413 g/mol. The minimum Gasteiger partial charge on any atom is -0.494 e. The lowest BCUT2D eigenvalue weighted by atomic mass is 10.00. The topological polar surface area (TPSA) is 88.8 Å². The third-order valence-corrected chi connectivity index (χ3v) is 5.19. The number of fused-ring (bicyclic) bond motifs is 1. The Bertz CT molecular complexity index is 1170. The number of carboxylic acid groups (broad SMARTS) is 1. The zero-order valence-electron chi connectivity index (χ0n) is 16.5. The quantitative estimate of drug-likeness (QED) is 0.587. The first kappa shape index (κ1) is 21.8. The lowest BCUT2D eigenvalue weighted by molar-refractivity contribution is 0.0694. The largest absolute Gasteiger partial charge is 0.494 e. The van der Waals surface area contributed by atoms with Crippen LogP contribution in [0.2, 0.25) is 5.02 Å². The maximum Gasteiger partial charge on any atom is 0.341 e. The molecule has 0 aliphatic rings. The van der Waals surface area contributed by atoms with Gasteiger partial charge in [0.2, 0.25) is 5.43 Å². The molecule has 8 heteroatoms. The van der Waals surface area contributed by atoms with Crippen molar-refractivity contribution in [1.82, 2.24) is 4.57 Å². The predicted octanol–water partition coefficient (Wildman–Crippen LogP) is 4.04. The van der Waals surface area contributed by atoms with Gasteiger partial charge in [0.05, 0.1) is 29.8 Å². The molecule has 0 fully saturated rings. The van der Waals surface area contributed by atoms with Crippen LogP contribution < -0.4 is 10.2 Å². The van der Waals surface area contributed by atoms with Crippen LogP contribution in [0, 0.1) is 5.82 Å². The molecular formula is C22H21ClFNO5. The maximum absolute atomic E-state index is 14.4. The summed E-state index contributed by atoms with van der Waals surface area (Å²) in [6.07, 6.45) is 1.32. The second-order valence-corrected chi connectivity index (χ2v) is 7.32. The van der Waals surface area contributed by atoms with Crippen LogP contribution in [-0.2, 0) is 6.42 Å². The fraction of sp³-hybridized carbons (Fsp3) is 0.273. The van der Waals surface area contributed by atoms with Gasteiger partial charge in [-0.3, -0.25) is 4.79 Å². The summed E-state index contributed by atoms with van der Waals surface area (Å²) in [4.78, 5) is 24.4. The number of carboxylic acids is 1. The minimum atomic E-state index is -1.36. The Kier molecular flexibility index (Phi) is 6.43. The van der Waals surface area contributed by atoms with Crippen LogP contribution in [0.15, 0.2) is 41.3 Å². The second-order valence-electron chi connectivity index (χ2n) is 6.92.